The first-order valence-corrected chi connectivity index (χ1v) is 14.3. The first kappa shape index (κ1) is 26.5. The molecule has 2 aromatic carbocycles. The Balaban J connectivity index is 2.01. The van der Waals surface area contributed by atoms with E-state index in [9.17, 15) is 10.2 Å². The molecule has 0 saturated heterocycles. The van der Waals surface area contributed by atoms with Crippen LogP contribution in [0.25, 0.3) is 0 Å². The van der Waals surface area contributed by atoms with E-state index in [2.05, 4.69) is 63.7 Å². The molecule has 3 atom stereocenters. The first-order valence-electron chi connectivity index (χ1n) is 8.86. The molecular formula is C20H10Br4Cl6O2. The van der Waals surface area contributed by atoms with Crippen LogP contribution in [0.15, 0.2) is 52.2 Å². The lowest BCUT2D eigenvalue weighted by Crippen LogP contribution is -2.45. The van der Waals surface area contributed by atoms with Gasteiger partial charge in [-0.25, -0.2) is 0 Å². The second-order valence-corrected chi connectivity index (χ2v) is 14.4. The Morgan fingerprint density at radius 1 is 0.750 bits per heavy atom. The molecule has 4 rings (SSSR count). The fourth-order valence-electron chi connectivity index (χ4n) is 4.49. The van der Waals surface area contributed by atoms with Crippen LogP contribution in [0.2, 0.25) is 0 Å². The zero-order valence-electron chi connectivity index (χ0n) is 15.3. The smallest absolute Gasteiger partial charge is 0.166 e. The quantitative estimate of drug-likeness (QED) is 0.303. The van der Waals surface area contributed by atoms with Gasteiger partial charge in [-0.2, -0.15) is 0 Å². The van der Waals surface area contributed by atoms with Crippen LogP contribution in [-0.4, -0.2) is 24.3 Å². The van der Waals surface area contributed by atoms with E-state index in [0.29, 0.717) is 17.9 Å². The molecule has 0 heterocycles. The largest absolute Gasteiger partial charge is 0.506 e. The highest BCUT2D eigenvalue weighted by atomic mass is 79.9. The highest BCUT2D eigenvalue weighted by Gasteiger charge is 2.79. The van der Waals surface area contributed by atoms with Crippen molar-refractivity contribution >= 4 is 133 Å². The fourth-order valence-corrected chi connectivity index (χ4v) is 9.76. The molecule has 2 aromatic rings. The summed E-state index contributed by atoms with van der Waals surface area (Å²) in [4.78, 5) is -2.87. The Labute approximate surface area is 248 Å². The molecule has 12 heteroatoms. The van der Waals surface area contributed by atoms with Gasteiger partial charge in [0.1, 0.15) is 21.2 Å². The van der Waals surface area contributed by atoms with Crippen LogP contribution in [-0.2, 0) is 0 Å². The number of allylic oxidation sites excluding steroid dienone is 2. The third kappa shape index (κ3) is 3.56. The van der Waals surface area contributed by atoms with Gasteiger partial charge < -0.3 is 10.2 Å². The molecule has 0 radical (unpaired) electrons. The standard InChI is InChI=1S/C20H10Br4Cl6O2/c21-9-1-6(2-10(22)14(9)31)13(7-3-11(23)15(32)12(24)4-7)8-5-18(27)16(25)17(26)19(8,28)20(18,29)30/h1-4,8,13,31-32H,5H2. The summed E-state index contributed by atoms with van der Waals surface area (Å²) in [6, 6.07) is 7.10. The zero-order chi connectivity index (χ0) is 24.0. The molecule has 1 fully saturated rings. The van der Waals surface area contributed by atoms with E-state index >= 15 is 0 Å². The van der Waals surface area contributed by atoms with Crippen LogP contribution in [0.1, 0.15) is 23.5 Å². The number of hydrogen-bond donors (Lipinski definition) is 2. The number of fused-ring (bicyclic) bond motifs is 2. The van der Waals surface area contributed by atoms with Crippen molar-refractivity contribution in [3.63, 3.8) is 0 Å². The van der Waals surface area contributed by atoms with E-state index in [1.165, 1.54) is 0 Å². The molecule has 0 amide bonds. The lowest BCUT2D eigenvalue weighted by Gasteiger charge is -2.38. The third-order valence-electron chi connectivity index (χ3n) is 6.03. The maximum atomic E-state index is 10.3. The Kier molecular flexibility index (Phi) is 7.27. The van der Waals surface area contributed by atoms with Crippen molar-refractivity contribution in [2.75, 3.05) is 0 Å². The molecule has 1 saturated carbocycles. The van der Waals surface area contributed by atoms with Crippen LogP contribution in [0.3, 0.4) is 0 Å². The molecule has 172 valence electrons. The van der Waals surface area contributed by atoms with Crippen LogP contribution < -0.4 is 0 Å². The van der Waals surface area contributed by atoms with Crippen molar-refractivity contribution in [3.8, 4) is 11.5 Å². The normalized spacial score (nSPS) is 28.8. The number of benzene rings is 2. The van der Waals surface area contributed by atoms with Crippen LogP contribution in [0.5, 0.6) is 11.5 Å². The van der Waals surface area contributed by atoms with Crippen LogP contribution in [0, 0.1) is 5.92 Å². The maximum absolute atomic E-state index is 10.3. The van der Waals surface area contributed by atoms with Gasteiger partial charge in [-0.05, 0) is 111 Å². The molecule has 0 aliphatic heterocycles. The van der Waals surface area contributed by atoms with Gasteiger partial charge in [0.05, 0.1) is 28.0 Å². The SMILES string of the molecule is Oc1c(Br)cc(C(c2cc(Br)c(O)c(Br)c2)C2CC3(Cl)C(Cl)=C(Cl)C2(Cl)C3(Cl)Cl)cc1Br. The summed E-state index contributed by atoms with van der Waals surface area (Å²) in [7, 11) is 0. The number of aromatic hydroxyl groups is 2. The van der Waals surface area contributed by atoms with Gasteiger partial charge in [0.2, 0.25) is 0 Å². The highest BCUT2D eigenvalue weighted by Crippen LogP contribution is 2.76. The second-order valence-electron chi connectivity index (χ2n) is 7.67. The van der Waals surface area contributed by atoms with E-state index in [1.54, 1.807) is 24.3 Å². The Morgan fingerprint density at radius 2 is 1.12 bits per heavy atom. The fraction of sp³-hybridized carbons (Fsp3) is 0.300. The molecule has 2 aliphatic rings. The summed E-state index contributed by atoms with van der Waals surface area (Å²) < 4.78 is 0.201. The molecule has 32 heavy (non-hydrogen) atoms. The van der Waals surface area contributed by atoms with Crippen molar-refractivity contribution in [2.24, 2.45) is 5.92 Å². The van der Waals surface area contributed by atoms with Crippen molar-refractivity contribution in [1.82, 2.24) is 0 Å². The number of alkyl halides is 4. The van der Waals surface area contributed by atoms with Crippen molar-refractivity contribution in [2.45, 2.75) is 26.4 Å². The maximum Gasteiger partial charge on any atom is 0.166 e. The van der Waals surface area contributed by atoms with Gasteiger partial charge in [-0.1, -0.05) is 46.4 Å². The minimum atomic E-state index is -1.68. The summed E-state index contributed by atoms with van der Waals surface area (Å²) in [6.07, 6.45) is 0.233. The molecule has 0 aromatic heterocycles. The first-order chi connectivity index (χ1) is 14.7. The highest BCUT2D eigenvalue weighted by molar-refractivity contribution is 9.11. The minimum absolute atomic E-state index is 0.0490. The minimum Gasteiger partial charge on any atom is -0.506 e. The molecule has 2 aliphatic carbocycles. The Bertz CT molecular complexity index is 1090. The number of phenols is 2. The predicted octanol–water partition coefficient (Wildman–Crippen LogP) is 10.1. The number of rotatable bonds is 3. The molecule has 2 bridgehead atoms. The summed E-state index contributed by atoms with van der Waals surface area (Å²) in [6.45, 7) is 0. The van der Waals surface area contributed by atoms with E-state index in [-0.39, 0.29) is 28.0 Å². The van der Waals surface area contributed by atoms with E-state index < -0.39 is 25.9 Å². The summed E-state index contributed by atoms with van der Waals surface area (Å²) in [5, 5.41) is 20.7. The molecule has 2 N–H and O–H groups in total. The predicted molar refractivity (Wildman–Crippen MR) is 147 cm³/mol. The van der Waals surface area contributed by atoms with Gasteiger partial charge in [-0.15, -0.1) is 23.2 Å². The zero-order valence-corrected chi connectivity index (χ0v) is 26.2. The topological polar surface area (TPSA) is 40.5 Å². The van der Waals surface area contributed by atoms with Crippen molar-refractivity contribution in [1.29, 1.82) is 0 Å². The molecular weight excluding hydrogens is 805 g/mol. The lowest BCUT2D eigenvalue weighted by atomic mass is 9.74. The third-order valence-corrected chi connectivity index (χ3v) is 12.7. The van der Waals surface area contributed by atoms with Gasteiger partial charge in [0, 0.05) is 5.92 Å². The van der Waals surface area contributed by atoms with E-state index in [0.717, 1.165) is 11.1 Å². The monoisotopic (exact) mass is 808 g/mol. The summed E-state index contributed by atoms with van der Waals surface area (Å²) in [5.41, 5.74) is 1.54. The van der Waals surface area contributed by atoms with Crippen molar-refractivity contribution in [3.05, 3.63) is 63.3 Å². The number of phenolic OH excluding ortho intramolecular Hbond substituents is 2. The van der Waals surface area contributed by atoms with Gasteiger partial charge >= 0.3 is 0 Å². The molecule has 3 unspecified atom stereocenters. The average Bonchev–Trinajstić information content (AvgIpc) is 2.92. The van der Waals surface area contributed by atoms with E-state index in [1.807, 2.05) is 0 Å². The Hall–Kier alpha value is 1.44. The number of hydrogen-bond acceptors (Lipinski definition) is 2. The van der Waals surface area contributed by atoms with E-state index in [4.69, 9.17) is 69.6 Å². The average molecular weight is 815 g/mol. The second kappa shape index (κ2) is 8.78. The van der Waals surface area contributed by atoms with Gasteiger partial charge in [-0.3, -0.25) is 0 Å². The molecule has 2 nitrogen and oxygen atoms in total. The Morgan fingerprint density at radius 3 is 1.44 bits per heavy atom. The van der Waals surface area contributed by atoms with Gasteiger partial charge in [0.25, 0.3) is 0 Å². The van der Waals surface area contributed by atoms with Crippen LogP contribution >= 0.6 is 133 Å². The summed E-state index contributed by atoms with van der Waals surface area (Å²) in [5.74, 6) is -0.857. The van der Waals surface area contributed by atoms with Crippen LogP contribution in [0.4, 0.5) is 0 Å². The molecule has 0 spiro atoms. The van der Waals surface area contributed by atoms with Gasteiger partial charge in [0.15, 0.2) is 4.33 Å². The summed E-state index contributed by atoms with van der Waals surface area (Å²) >= 11 is 54.2. The lowest BCUT2D eigenvalue weighted by molar-refractivity contribution is 0.412. The number of halogens is 10. The van der Waals surface area contributed by atoms with Crippen molar-refractivity contribution < 1.29 is 10.2 Å².